The van der Waals surface area contributed by atoms with Gasteiger partial charge in [-0.2, -0.15) is 0 Å². The standard InChI is InChI=1S/C13H26N4O2/c1-12(2)9-14-10-13-11-17(16-15-13)5-8-19-7-4-6-18-3/h11-12,14H,4-10H2,1-3H3. The highest BCUT2D eigenvalue weighted by Gasteiger charge is 2.01. The first-order chi connectivity index (χ1) is 9.22. The average Bonchev–Trinajstić information content (AvgIpc) is 2.81. The Morgan fingerprint density at radius 2 is 2.16 bits per heavy atom. The molecule has 0 aliphatic rings. The van der Waals surface area contributed by atoms with Gasteiger partial charge in [0, 0.05) is 33.1 Å². The molecule has 0 atom stereocenters. The maximum Gasteiger partial charge on any atom is 0.0964 e. The Kier molecular flexibility index (Phi) is 8.36. The van der Waals surface area contributed by atoms with Crippen molar-refractivity contribution in [2.24, 2.45) is 5.92 Å². The van der Waals surface area contributed by atoms with Crippen LogP contribution in [0.4, 0.5) is 0 Å². The maximum atomic E-state index is 5.48. The van der Waals surface area contributed by atoms with Crippen molar-refractivity contribution in [2.45, 2.75) is 33.4 Å². The van der Waals surface area contributed by atoms with Gasteiger partial charge in [-0.3, -0.25) is 0 Å². The van der Waals surface area contributed by atoms with E-state index in [0.29, 0.717) is 12.5 Å². The van der Waals surface area contributed by atoms with E-state index in [2.05, 4.69) is 29.5 Å². The highest BCUT2D eigenvalue weighted by atomic mass is 16.5. The molecule has 6 heteroatoms. The van der Waals surface area contributed by atoms with Crippen LogP contribution in [0, 0.1) is 5.92 Å². The van der Waals surface area contributed by atoms with Crippen molar-refractivity contribution in [3.05, 3.63) is 11.9 Å². The zero-order valence-corrected chi connectivity index (χ0v) is 12.3. The number of methoxy groups -OCH3 is 1. The number of hydrogen-bond donors (Lipinski definition) is 1. The summed E-state index contributed by atoms with van der Waals surface area (Å²) in [5, 5.41) is 11.5. The van der Waals surface area contributed by atoms with Crippen molar-refractivity contribution in [1.82, 2.24) is 20.3 Å². The SMILES string of the molecule is COCCCOCCn1cc(CNCC(C)C)nn1. The van der Waals surface area contributed by atoms with E-state index in [-0.39, 0.29) is 0 Å². The normalized spacial score (nSPS) is 11.4. The van der Waals surface area contributed by atoms with Crippen LogP contribution in [0.5, 0.6) is 0 Å². The summed E-state index contributed by atoms with van der Waals surface area (Å²) in [4.78, 5) is 0. The molecule has 1 aromatic rings. The van der Waals surface area contributed by atoms with Gasteiger partial charge in [0.25, 0.3) is 0 Å². The van der Waals surface area contributed by atoms with Gasteiger partial charge in [0.05, 0.1) is 18.8 Å². The first-order valence-corrected chi connectivity index (χ1v) is 6.88. The molecule has 1 rings (SSSR count). The summed E-state index contributed by atoms with van der Waals surface area (Å²) < 4.78 is 12.2. The number of aromatic nitrogens is 3. The fourth-order valence-electron chi connectivity index (χ4n) is 1.58. The predicted molar refractivity (Wildman–Crippen MR) is 73.9 cm³/mol. The quantitative estimate of drug-likeness (QED) is 0.610. The van der Waals surface area contributed by atoms with Crippen LogP contribution < -0.4 is 5.32 Å². The van der Waals surface area contributed by atoms with Crippen molar-refractivity contribution >= 4 is 0 Å². The van der Waals surface area contributed by atoms with Crippen LogP contribution in [0.1, 0.15) is 26.0 Å². The lowest BCUT2D eigenvalue weighted by Crippen LogP contribution is -2.19. The Morgan fingerprint density at radius 3 is 2.89 bits per heavy atom. The minimum atomic E-state index is 0.649. The molecule has 0 aliphatic carbocycles. The lowest BCUT2D eigenvalue weighted by molar-refractivity contribution is 0.0958. The molecule has 1 N–H and O–H groups in total. The molecule has 19 heavy (non-hydrogen) atoms. The zero-order valence-electron chi connectivity index (χ0n) is 12.3. The zero-order chi connectivity index (χ0) is 13.9. The molecule has 110 valence electrons. The van der Waals surface area contributed by atoms with Crippen molar-refractivity contribution < 1.29 is 9.47 Å². The van der Waals surface area contributed by atoms with Gasteiger partial charge < -0.3 is 14.8 Å². The van der Waals surface area contributed by atoms with Crippen LogP contribution >= 0.6 is 0 Å². The third-order valence-electron chi connectivity index (χ3n) is 2.55. The molecule has 1 aromatic heterocycles. The summed E-state index contributed by atoms with van der Waals surface area (Å²) in [7, 11) is 1.70. The molecule has 6 nitrogen and oxygen atoms in total. The number of rotatable bonds is 11. The van der Waals surface area contributed by atoms with Gasteiger partial charge in [0.15, 0.2) is 0 Å². The fraction of sp³-hybridized carbons (Fsp3) is 0.846. The van der Waals surface area contributed by atoms with Gasteiger partial charge in [0.2, 0.25) is 0 Å². The Bertz CT molecular complexity index is 328. The summed E-state index contributed by atoms with van der Waals surface area (Å²) >= 11 is 0. The smallest absolute Gasteiger partial charge is 0.0964 e. The first-order valence-electron chi connectivity index (χ1n) is 6.88. The number of hydrogen-bond acceptors (Lipinski definition) is 5. The van der Waals surface area contributed by atoms with Crippen molar-refractivity contribution in [2.75, 3.05) is 33.5 Å². The number of nitrogens with one attached hydrogen (secondary N) is 1. The van der Waals surface area contributed by atoms with Gasteiger partial charge in [-0.1, -0.05) is 19.1 Å². The van der Waals surface area contributed by atoms with Crippen LogP contribution in [-0.2, 0) is 22.6 Å². The van der Waals surface area contributed by atoms with Gasteiger partial charge in [0.1, 0.15) is 0 Å². The van der Waals surface area contributed by atoms with Gasteiger partial charge >= 0.3 is 0 Å². The van der Waals surface area contributed by atoms with Gasteiger partial charge in [-0.15, -0.1) is 5.10 Å². The average molecular weight is 270 g/mol. The van der Waals surface area contributed by atoms with E-state index >= 15 is 0 Å². The maximum absolute atomic E-state index is 5.48. The first kappa shape index (κ1) is 16.1. The monoisotopic (exact) mass is 270 g/mol. The van der Waals surface area contributed by atoms with E-state index < -0.39 is 0 Å². The van der Waals surface area contributed by atoms with Crippen LogP contribution in [0.25, 0.3) is 0 Å². The third-order valence-corrected chi connectivity index (χ3v) is 2.55. The fourth-order valence-corrected chi connectivity index (χ4v) is 1.58. The van der Waals surface area contributed by atoms with Crippen molar-refractivity contribution in [3.63, 3.8) is 0 Å². The summed E-state index contributed by atoms with van der Waals surface area (Å²) in [6.07, 6.45) is 2.89. The lowest BCUT2D eigenvalue weighted by Gasteiger charge is -2.04. The van der Waals surface area contributed by atoms with E-state index in [9.17, 15) is 0 Å². The van der Waals surface area contributed by atoms with Crippen LogP contribution in [0.2, 0.25) is 0 Å². The molecule has 0 saturated carbocycles. The largest absolute Gasteiger partial charge is 0.385 e. The molecule has 0 fully saturated rings. The molecule has 0 saturated heterocycles. The van der Waals surface area contributed by atoms with Crippen LogP contribution in [0.3, 0.4) is 0 Å². The van der Waals surface area contributed by atoms with Crippen LogP contribution in [0.15, 0.2) is 6.20 Å². The Morgan fingerprint density at radius 1 is 1.32 bits per heavy atom. The lowest BCUT2D eigenvalue weighted by atomic mass is 10.2. The Hall–Kier alpha value is -0.980. The number of ether oxygens (including phenoxy) is 2. The molecule has 1 heterocycles. The van der Waals surface area contributed by atoms with E-state index in [4.69, 9.17) is 9.47 Å². The van der Waals surface area contributed by atoms with E-state index in [1.54, 1.807) is 7.11 Å². The van der Waals surface area contributed by atoms with Gasteiger partial charge in [-0.25, -0.2) is 4.68 Å². The van der Waals surface area contributed by atoms with E-state index in [1.807, 2.05) is 10.9 Å². The summed E-state index contributed by atoms with van der Waals surface area (Å²) in [6, 6.07) is 0. The molecular formula is C13H26N4O2. The topological polar surface area (TPSA) is 61.2 Å². The number of nitrogens with zero attached hydrogens (tertiary/aromatic N) is 3. The van der Waals surface area contributed by atoms with Crippen molar-refractivity contribution in [3.8, 4) is 0 Å². The molecular weight excluding hydrogens is 244 g/mol. The molecule has 0 spiro atoms. The molecule has 0 aliphatic heterocycles. The molecule has 0 unspecified atom stereocenters. The second kappa shape index (κ2) is 9.89. The Labute approximate surface area is 115 Å². The summed E-state index contributed by atoms with van der Waals surface area (Å²) in [6.45, 7) is 9.01. The minimum Gasteiger partial charge on any atom is -0.385 e. The summed E-state index contributed by atoms with van der Waals surface area (Å²) in [5.41, 5.74) is 0.972. The minimum absolute atomic E-state index is 0.649. The Balaban J connectivity index is 2.09. The second-order valence-corrected chi connectivity index (χ2v) is 4.96. The predicted octanol–water partition coefficient (Wildman–Crippen LogP) is 1.08. The molecule has 0 amide bonds. The molecule has 0 radical (unpaired) electrons. The van der Waals surface area contributed by atoms with E-state index in [1.165, 1.54) is 0 Å². The van der Waals surface area contributed by atoms with E-state index in [0.717, 1.165) is 45.0 Å². The van der Waals surface area contributed by atoms with Crippen LogP contribution in [-0.4, -0.2) is 48.5 Å². The highest BCUT2D eigenvalue weighted by Crippen LogP contribution is 1.95. The molecule has 0 bridgehead atoms. The van der Waals surface area contributed by atoms with Gasteiger partial charge in [-0.05, 0) is 18.9 Å². The highest BCUT2D eigenvalue weighted by molar-refractivity contribution is 4.91. The second-order valence-electron chi connectivity index (χ2n) is 4.96. The molecule has 0 aromatic carbocycles. The van der Waals surface area contributed by atoms with Crippen molar-refractivity contribution in [1.29, 1.82) is 0 Å². The third kappa shape index (κ3) is 7.92. The summed E-state index contributed by atoms with van der Waals surface area (Å²) in [5.74, 6) is 0.649.